The van der Waals surface area contributed by atoms with E-state index >= 15 is 0 Å². The van der Waals surface area contributed by atoms with Gasteiger partial charge < -0.3 is 5.32 Å². The van der Waals surface area contributed by atoms with Crippen LogP contribution in [0.2, 0.25) is 0 Å². The van der Waals surface area contributed by atoms with Crippen LogP contribution in [0.3, 0.4) is 0 Å². The zero-order valence-corrected chi connectivity index (χ0v) is 16.4. The number of alkyl halides is 3. The van der Waals surface area contributed by atoms with Crippen molar-refractivity contribution < 1.29 is 18.0 Å². The number of aryl methyl sites for hydroxylation is 1. The Morgan fingerprint density at radius 1 is 1.14 bits per heavy atom. The smallest absolute Gasteiger partial charge is 0.321 e. The zero-order chi connectivity index (χ0) is 20.6. The molecule has 1 amide bonds. The van der Waals surface area contributed by atoms with Crippen molar-refractivity contribution in [1.82, 2.24) is 19.4 Å². The molecule has 0 aliphatic heterocycles. The molecule has 0 saturated carbocycles. The van der Waals surface area contributed by atoms with E-state index in [4.69, 9.17) is 0 Å². The minimum atomic E-state index is -4.48. The van der Waals surface area contributed by atoms with E-state index in [9.17, 15) is 18.0 Å². The van der Waals surface area contributed by atoms with Gasteiger partial charge in [-0.05, 0) is 68.4 Å². The van der Waals surface area contributed by atoms with Crippen LogP contribution < -0.4 is 5.32 Å². The molecule has 29 heavy (non-hydrogen) atoms. The molecular formula is C19H18F3N5OS. The molecule has 152 valence electrons. The summed E-state index contributed by atoms with van der Waals surface area (Å²) in [6.45, 7) is 1.70. The molecule has 2 heterocycles. The molecule has 0 radical (unpaired) electrons. The first-order valence-corrected chi connectivity index (χ1v) is 10.0. The van der Waals surface area contributed by atoms with Crippen molar-refractivity contribution in [2.75, 3.05) is 5.32 Å². The van der Waals surface area contributed by atoms with Crippen LogP contribution in [-0.4, -0.2) is 25.3 Å². The summed E-state index contributed by atoms with van der Waals surface area (Å²) >= 11 is 1.01. The van der Waals surface area contributed by atoms with Gasteiger partial charge in [0, 0.05) is 16.9 Å². The summed E-state index contributed by atoms with van der Waals surface area (Å²) in [6.07, 6.45) is -1.04. The second kappa shape index (κ2) is 7.58. The molecule has 0 spiro atoms. The molecule has 0 saturated heterocycles. The van der Waals surface area contributed by atoms with E-state index in [1.54, 1.807) is 31.2 Å². The van der Waals surface area contributed by atoms with Gasteiger partial charge >= 0.3 is 6.18 Å². The summed E-state index contributed by atoms with van der Waals surface area (Å²) in [5.41, 5.74) is 1.75. The van der Waals surface area contributed by atoms with Gasteiger partial charge in [-0.15, -0.1) is 5.10 Å². The molecule has 4 rings (SSSR count). The van der Waals surface area contributed by atoms with E-state index in [-0.39, 0.29) is 5.91 Å². The van der Waals surface area contributed by atoms with Crippen LogP contribution in [0.4, 0.5) is 18.9 Å². The van der Waals surface area contributed by atoms with Gasteiger partial charge in [-0.2, -0.15) is 18.3 Å². The molecule has 1 N–H and O–H groups in total. The number of hydrogen-bond donors (Lipinski definition) is 1. The summed E-state index contributed by atoms with van der Waals surface area (Å²) in [5, 5.41) is 10.5. The van der Waals surface area contributed by atoms with Crippen LogP contribution in [0.5, 0.6) is 0 Å². The first-order valence-electron chi connectivity index (χ1n) is 9.23. The van der Waals surface area contributed by atoms with Crippen LogP contribution in [0.15, 0.2) is 24.3 Å². The summed E-state index contributed by atoms with van der Waals surface area (Å²) < 4.78 is 45.6. The molecule has 0 bridgehead atoms. The van der Waals surface area contributed by atoms with Crippen LogP contribution in [0, 0.1) is 6.92 Å². The van der Waals surface area contributed by atoms with Crippen molar-refractivity contribution >= 4 is 23.1 Å². The van der Waals surface area contributed by atoms with E-state index < -0.39 is 11.9 Å². The fourth-order valence-corrected chi connectivity index (χ4v) is 4.08. The minimum absolute atomic E-state index is 0.306. The maximum Gasteiger partial charge on any atom is 0.435 e. The zero-order valence-electron chi connectivity index (χ0n) is 15.6. The van der Waals surface area contributed by atoms with Crippen molar-refractivity contribution in [2.24, 2.45) is 0 Å². The molecule has 0 unspecified atom stereocenters. The van der Waals surface area contributed by atoms with E-state index in [0.717, 1.165) is 30.8 Å². The highest BCUT2D eigenvalue weighted by molar-refractivity contribution is 7.08. The quantitative estimate of drug-likeness (QED) is 0.629. The molecule has 3 aromatic rings. The molecule has 0 atom stereocenters. The summed E-state index contributed by atoms with van der Waals surface area (Å²) in [7, 11) is 0. The molecule has 2 aromatic heterocycles. The third-order valence-electron chi connectivity index (χ3n) is 4.93. The molecule has 1 aliphatic carbocycles. The molecule has 6 nitrogen and oxygen atoms in total. The second-order valence-electron chi connectivity index (χ2n) is 6.93. The first kappa shape index (κ1) is 19.6. The first-order chi connectivity index (χ1) is 13.8. The minimum Gasteiger partial charge on any atom is -0.321 e. The average Bonchev–Trinajstić information content (AvgIpc) is 3.18. The van der Waals surface area contributed by atoms with Crippen LogP contribution in [0.1, 0.15) is 51.6 Å². The number of aromatic nitrogens is 4. The Labute approximate surface area is 168 Å². The summed E-state index contributed by atoms with van der Waals surface area (Å²) in [5.74, 6) is -0.322. The molecule has 1 aliphatic rings. The van der Waals surface area contributed by atoms with E-state index in [1.807, 2.05) is 0 Å². The number of fused-ring (bicyclic) bond motifs is 1. The number of nitrogens with one attached hydrogen (secondary N) is 1. The van der Waals surface area contributed by atoms with Crippen LogP contribution in [-0.2, 0) is 19.0 Å². The number of amides is 1. The van der Waals surface area contributed by atoms with Gasteiger partial charge in [-0.25, -0.2) is 4.68 Å². The Kier molecular flexibility index (Phi) is 5.12. The van der Waals surface area contributed by atoms with Crippen LogP contribution in [0.25, 0.3) is 5.69 Å². The Hall–Kier alpha value is -2.75. The van der Waals surface area contributed by atoms with Crippen LogP contribution >= 0.6 is 11.5 Å². The van der Waals surface area contributed by atoms with Gasteiger partial charge in [0.15, 0.2) is 5.69 Å². The Morgan fingerprint density at radius 2 is 1.86 bits per heavy atom. The van der Waals surface area contributed by atoms with Gasteiger partial charge in [-0.3, -0.25) is 4.79 Å². The lowest BCUT2D eigenvalue weighted by molar-refractivity contribution is -0.142. The normalized spacial score (nSPS) is 14.3. The summed E-state index contributed by atoms with van der Waals surface area (Å²) in [6, 6.07) is 6.61. The maximum atomic E-state index is 13.5. The van der Waals surface area contributed by atoms with Gasteiger partial charge in [0.1, 0.15) is 4.88 Å². The number of hydrogen-bond acceptors (Lipinski definition) is 5. The lowest BCUT2D eigenvalue weighted by Crippen LogP contribution is -2.12. The fourth-order valence-electron chi connectivity index (χ4n) is 3.53. The summed E-state index contributed by atoms with van der Waals surface area (Å²) in [4.78, 5) is 12.7. The number of carbonyl (C=O) groups excluding carboxylic acids is 1. The van der Waals surface area contributed by atoms with E-state index in [1.165, 1.54) is 4.68 Å². The van der Waals surface area contributed by atoms with Gasteiger partial charge in [0.2, 0.25) is 0 Å². The fraction of sp³-hybridized carbons (Fsp3) is 0.368. The predicted molar refractivity (Wildman–Crippen MR) is 102 cm³/mol. The van der Waals surface area contributed by atoms with E-state index in [2.05, 4.69) is 20.0 Å². The molecule has 0 fully saturated rings. The number of halogens is 3. The number of nitrogens with zero attached hydrogens (tertiary/aromatic N) is 4. The van der Waals surface area contributed by atoms with Crippen molar-refractivity contribution in [1.29, 1.82) is 0 Å². The number of anilines is 1. The van der Waals surface area contributed by atoms with Gasteiger partial charge in [0.05, 0.1) is 11.4 Å². The highest BCUT2D eigenvalue weighted by Gasteiger charge is 2.39. The largest absolute Gasteiger partial charge is 0.435 e. The third-order valence-corrected chi connectivity index (χ3v) is 5.75. The number of benzene rings is 1. The lowest BCUT2D eigenvalue weighted by atomic mass is 10.1. The highest BCUT2D eigenvalue weighted by Crippen LogP contribution is 2.36. The van der Waals surface area contributed by atoms with Crippen molar-refractivity contribution in [3.8, 4) is 5.69 Å². The molecule has 10 heteroatoms. The third kappa shape index (κ3) is 3.89. The SMILES string of the molecule is Cc1nnsc1C(=O)Nc1ccc(-n2nc(C(F)(F)F)c3c2CCCCC3)cc1. The number of carbonyl (C=O) groups is 1. The Morgan fingerprint density at radius 3 is 2.52 bits per heavy atom. The standard InChI is InChI=1S/C19H18F3N5OS/c1-11-16(29-26-24-11)18(28)23-12-7-9-13(10-8-12)27-15-6-4-2-3-5-14(15)17(25-27)19(20,21)22/h7-10H,2-6H2,1H3,(H,23,28). The second-order valence-corrected chi connectivity index (χ2v) is 7.69. The Balaban J connectivity index is 1.63. The van der Waals surface area contributed by atoms with Crippen molar-refractivity contribution in [3.05, 3.63) is 51.8 Å². The number of rotatable bonds is 3. The average molecular weight is 421 g/mol. The molecule has 1 aromatic carbocycles. The maximum absolute atomic E-state index is 13.5. The molecular weight excluding hydrogens is 403 g/mol. The highest BCUT2D eigenvalue weighted by atomic mass is 32.1. The van der Waals surface area contributed by atoms with Gasteiger partial charge in [-0.1, -0.05) is 10.9 Å². The van der Waals surface area contributed by atoms with Gasteiger partial charge in [0.25, 0.3) is 5.91 Å². The lowest BCUT2D eigenvalue weighted by Gasteiger charge is -2.09. The van der Waals surface area contributed by atoms with Crippen molar-refractivity contribution in [2.45, 2.75) is 45.2 Å². The van der Waals surface area contributed by atoms with Crippen molar-refractivity contribution in [3.63, 3.8) is 0 Å². The predicted octanol–water partition coefficient (Wildman–Crippen LogP) is 4.57. The van der Waals surface area contributed by atoms with E-state index in [0.29, 0.717) is 46.0 Å². The monoisotopic (exact) mass is 421 g/mol. The topological polar surface area (TPSA) is 72.7 Å². The Bertz CT molecular complexity index is 1040.